The van der Waals surface area contributed by atoms with Crippen LogP contribution in [0.4, 0.5) is 5.82 Å². The van der Waals surface area contributed by atoms with Crippen LogP contribution in [0.5, 0.6) is 0 Å². The standard InChI is InChI=1S/C10H10ClN3O/c1-6-7(2)10(15)14(9(6)11)8-5-12-3-4-13-8/h3-5,9H,1-2H3. The molecule has 1 aromatic rings. The van der Waals surface area contributed by atoms with Crippen molar-refractivity contribution in [1.29, 1.82) is 0 Å². The number of hydrogen-bond donors (Lipinski definition) is 0. The fourth-order valence-electron chi connectivity index (χ4n) is 1.46. The predicted molar refractivity (Wildman–Crippen MR) is 57.5 cm³/mol. The van der Waals surface area contributed by atoms with E-state index in [4.69, 9.17) is 11.6 Å². The van der Waals surface area contributed by atoms with Gasteiger partial charge in [0, 0.05) is 18.0 Å². The summed E-state index contributed by atoms with van der Waals surface area (Å²) in [5, 5.41) is 0. The molecule has 0 saturated carbocycles. The summed E-state index contributed by atoms with van der Waals surface area (Å²) < 4.78 is 0. The fraction of sp³-hybridized carbons (Fsp3) is 0.300. The van der Waals surface area contributed by atoms with E-state index in [1.807, 2.05) is 6.92 Å². The van der Waals surface area contributed by atoms with E-state index >= 15 is 0 Å². The summed E-state index contributed by atoms with van der Waals surface area (Å²) in [4.78, 5) is 21.3. The maximum absolute atomic E-state index is 11.8. The first-order valence-electron chi connectivity index (χ1n) is 4.54. The van der Waals surface area contributed by atoms with Crippen molar-refractivity contribution in [2.45, 2.75) is 19.3 Å². The zero-order valence-electron chi connectivity index (χ0n) is 8.44. The Morgan fingerprint density at radius 2 is 2.13 bits per heavy atom. The number of halogens is 1. The number of carbonyl (C=O) groups excluding carboxylic acids is 1. The van der Waals surface area contributed by atoms with Gasteiger partial charge >= 0.3 is 0 Å². The molecule has 1 aliphatic rings. The van der Waals surface area contributed by atoms with Gasteiger partial charge in [0.1, 0.15) is 5.50 Å². The highest BCUT2D eigenvalue weighted by Gasteiger charge is 2.35. The molecule has 15 heavy (non-hydrogen) atoms. The van der Waals surface area contributed by atoms with Crippen LogP contribution >= 0.6 is 11.6 Å². The van der Waals surface area contributed by atoms with E-state index in [-0.39, 0.29) is 5.91 Å². The number of amides is 1. The lowest BCUT2D eigenvalue weighted by atomic mass is 10.2. The molecule has 0 aliphatic carbocycles. The molecule has 2 rings (SSSR count). The Morgan fingerprint density at radius 3 is 2.60 bits per heavy atom. The summed E-state index contributed by atoms with van der Waals surface area (Å²) in [6.45, 7) is 3.62. The molecule has 1 aromatic heterocycles. The van der Waals surface area contributed by atoms with E-state index < -0.39 is 5.50 Å². The van der Waals surface area contributed by atoms with Crippen LogP contribution in [0.3, 0.4) is 0 Å². The molecule has 4 nitrogen and oxygen atoms in total. The van der Waals surface area contributed by atoms with Gasteiger partial charge in [-0.1, -0.05) is 11.6 Å². The number of alkyl halides is 1. The molecule has 0 spiro atoms. The Bertz CT molecular complexity index is 430. The molecule has 2 heterocycles. The Kier molecular flexibility index (Phi) is 2.44. The third-order valence-corrected chi connectivity index (χ3v) is 3.03. The summed E-state index contributed by atoms with van der Waals surface area (Å²) in [6.07, 6.45) is 4.62. The molecule has 1 unspecified atom stereocenters. The first-order chi connectivity index (χ1) is 7.13. The van der Waals surface area contributed by atoms with Crippen molar-refractivity contribution in [3.63, 3.8) is 0 Å². The largest absolute Gasteiger partial charge is 0.271 e. The second-order valence-corrected chi connectivity index (χ2v) is 3.80. The Hall–Kier alpha value is -1.42. The molecular weight excluding hydrogens is 214 g/mol. The van der Waals surface area contributed by atoms with Gasteiger partial charge in [-0.3, -0.25) is 14.7 Å². The lowest BCUT2D eigenvalue weighted by Gasteiger charge is -2.19. The van der Waals surface area contributed by atoms with E-state index in [1.165, 1.54) is 17.3 Å². The third kappa shape index (κ3) is 1.51. The minimum Gasteiger partial charge on any atom is -0.271 e. The molecule has 0 radical (unpaired) electrons. The maximum Gasteiger partial charge on any atom is 0.256 e. The van der Waals surface area contributed by atoms with Crippen molar-refractivity contribution in [3.05, 3.63) is 29.7 Å². The number of carbonyl (C=O) groups is 1. The molecule has 1 atom stereocenters. The van der Waals surface area contributed by atoms with Crippen LogP contribution in [0, 0.1) is 0 Å². The minimum absolute atomic E-state index is 0.104. The van der Waals surface area contributed by atoms with Gasteiger partial charge in [-0.15, -0.1) is 0 Å². The molecule has 5 heteroatoms. The highest BCUT2D eigenvalue weighted by Crippen LogP contribution is 2.31. The highest BCUT2D eigenvalue weighted by atomic mass is 35.5. The molecule has 1 aliphatic heterocycles. The van der Waals surface area contributed by atoms with Gasteiger partial charge in [0.2, 0.25) is 0 Å². The van der Waals surface area contributed by atoms with Gasteiger partial charge in [-0.05, 0) is 19.4 Å². The summed E-state index contributed by atoms with van der Waals surface area (Å²) in [5.41, 5.74) is 1.10. The smallest absolute Gasteiger partial charge is 0.256 e. The monoisotopic (exact) mass is 223 g/mol. The normalized spacial score (nSPS) is 21.4. The SMILES string of the molecule is CC1=C(C)C(Cl)N(c2cnccn2)C1=O. The number of rotatable bonds is 1. The van der Waals surface area contributed by atoms with Gasteiger partial charge < -0.3 is 0 Å². The molecule has 0 fully saturated rings. The van der Waals surface area contributed by atoms with Crippen molar-refractivity contribution >= 4 is 23.3 Å². The van der Waals surface area contributed by atoms with Gasteiger partial charge in [-0.2, -0.15) is 0 Å². The van der Waals surface area contributed by atoms with Crippen LogP contribution in [0.15, 0.2) is 29.7 Å². The number of anilines is 1. The van der Waals surface area contributed by atoms with Crippen molar-refractivity contribution < 1.29 is 4.79 Å². The van der Waals surface area contributed by atoms with Gasteiger partial charge in [0.25, 0.3) is 5.91 Å². The van der Waals surface area contributed by atoms with Crippen LogP contribution in [-0.2, 0) is 4.79 Å². The zero-order valence-corrected chi connectivity index (χ0v) is 9.19. The Morgan fingerprint density at radius 1 is 1.40 bits per heavy atom. The lowest BCUT2D eigenvalue weighted by molar-refractivity contribution is -0.114. The van der Waals surface area contributed by atoms with Crippen LogP contribution in [0.2, 0.25) is 0 Å². The van der Waals surface area contributed by atoms with E-state index in [9.17, 15) is 4.79 Å². The van der Waals surface area contributed by atoms with E-state index in [0.717, 1.165) is 5.57 Å². The minimum atomic E-state index is -0.450. The van der Waals surface area contributed by atoms with Crippen LogP contribution in [0.25, 0.3) is 0 Å². The molecule has 1 amide bonds. The zero-order chi connectivity index (χ0) is 11.0. The topological polar surface area (TPSA) is 46.1 Å². The van der Waals surface area contributed by atoms with E-state index in [1.54, 1.807) is 13.1 Å². The highest BCUT2D eigenvalue weighted by molar-refractivity contribution is 6.29. The number of hydrogen-bond acceptors (Lipinski definition) is 3. The summed E-state index contributed by atoms with van der Waals surface area (Å²) in [6, 6.07) is 0. The number of aromatic nitrogens is 2. The van der Waals surface area contributed by atoms with E-state index in [2.05, 4.69) is 9.97 Å². The summed E-state index contributed by atoms with van der Waals surface area (Å²) in [7, 11) is 0. The van der Waals surface area contributed by atoms with Crippen molar-refractivity contribution in [1.82, 2.24) is 9.97 Å². The van der Waals surface area contributed by atoms with Crippen molar-refractivity contribution in [2.24, 2.45) is 0 Å². The lowest BCUT2D eigenvalue weighted by Crippen LogP contribution is -2.32. The molecule has 0 aromatic carbocycles. The van der Waals surface area contributed by atoms with Crippen molar-refractivity contribution in [2.75, 3.05) is 4.90 Å². The quantitative estimate of drug-likeness (QED) is 0.538. The maximum atomic E-state index is 11.8. The summed E-state index contributed by atoms with van der Waals surface area (Å²) >= 11 is 6.13. The predicted octanol–water partition coefficient (Wildman–Crippen LogP) is 1.72. The Labute approximate surface area is 92.6 Å². The van der Waals surface area contributed by atoms with Crippen molar-refractivity contribution in [3.8, 4) is 0 Å². The van der Waals surface area contributed by atoms with Gasteiger partial charge in [0.15, 0.2) is 5.82 Å². The average Bonchev–Trinajstić information content (AvgIpc) is 2.45. The first-order valence-corrected chi connectivity index (χ1v) is 4.97. The van der Waals surface area contributed by atoms with Crippen LogP contribution in [0.1, 0.15) is 13.8 Å². The van der Waals surface area contributed by atoms with Crippen LogP contribution < -0.4 is 4.90 Å². The molecule has 0 bridgehead atoms. The average molecular weight is 224 g/mol. The fourth-order valence-corrected chi connectivity index (χ4v) is 1.81. The Balaban J connectivity index is 2.39. The van der Waals surface area contributed by atoms with Gasteiger partial charge in [-0.25, -0.2) is 4.98 Å². The van der Waals surface area contributed by atoms with Gasteiger partial charge in [0.05, 0.1) is 6.20 Å². The second-order valence-electron chi connectivity index (χ2n) is 3.38. The number of nitrogens with zero attached hydrogens (tertiary/aromatic N) is 3. The summed E-state index contributed by atoms with van der Waals surface area (Å²) in [5.74, 6) is 0.381. The molecular formula is C10H10ClN3O. The molecule has 0 N–H and O–H groups in total. The first kappa shape index (κ1) is 10.1. The second kappa shape index (κ2) is 3.62. The third-order valence-electron chi connectivity index (χ3n) is 2.51. The van der Waals surface area contributed by atoms with E-state index in [0.29, 0.717) is 11.4 Å². The molecule has 0 saturated heterocycles. The molecule has 78 valence electrons. The van der Waals surface area contributed by atoms with Crippen LogP contribution in [-0.4, -0.2) is 21.4 Å².